The van der Waals surface area contributed by atoms with Crippen LogP contribution in [0.15, 0.2) is 18.3 Å². The SMILES string of the molecule is CC(C)(O)OCC(C)(C)c1ccnc(Cl)c1. The number of pyridine rings is 1. The Morgan fingerprint density at radius 3 is 2.50 bits per heavy atom. The van der Waals surface area contributed by atoms with Crippen LogP contribution in [-0.4, -0.2) is 22.5 Å². The number of aromatic nitrogens is 1. The van der Waals surface area contributed by atoms with Gasteiger partial charge in [0.1, 0.15) is 5.15 Å². The van der Waals surface area contributed by atoms with Gasteiger partial charge in [-0.3, -0.25) is 0 Å². The Hall–Kier alpha value is -0.640. The zero-order valence-corrected chi connectivity index (χ0v) is 10.9. The van der Waals surface area contributed by atoms with E-state index in [4.69, 9.17) is 16.3 Å². The van der Waals surface area contributed by atoms with Gasteiger partial charge in [-0.2, -0.15) is 0 Å². The summed E-state index contributed by atoms with van der Waals surface area (Å²) in [5, 5.41) is 9.99. The van der Waals surface area contributed by atoms with E-state index in [9.17, 15) is 5.11 Å². The maximum absolute atomic E-state index is 9.52. The number of ether oxygens (including phenoxy) is 1. The van der Waals surface area contributed by atoms with Crippen molar-refractivity contribution in [2.75, 3.05) is 6.61 Å². The maximum Gasteiger partial charge on any atom is 0.159 e. The van der Waals surface area contributed by atoms with E-state index in [1.165, 1.54) is 0 Å². The summed E-state index contributed by atoms with van der Waals surface area (Å²) in [6.45, 7) is 7.71. The molecule has 0 aliphatic heterocycles. The topological polar surface area (TPSA) is 42.4 Å². The molecule has 1 aromatic heterocycles. The molecule has 0 aliphatic rings. The summed E-state index contributed by atoms with van der Waals surface area (Å²) in [4.78, 5) is 3.94. The lowest BCUT2D eigenvalue weighted by Crippen LogP contribution is -2.32. The van der Waals surface area contributed by atoms with Crippen LogP contribution in [0, 0.1) is 0 Å². The molecule has 1 aromatic rings. The first-order chi connectivity index (χ1) is 7.21. The number of hydrogen-bond donors (Lipinski definition) is 1. The third-order valence-corrected chi connectivity index (χ3v) is 2.50. The largest absolute Gasteiger partial charge is 0.366 e. The first-order valence-corrected chi connectivity index (χ1v) is 5.57. The number of nitrogens with zero attached hydrogens (tertiary/aromatic N) is 1. The molecule has 0 radical (unpaired) electrons. The fourth-order valence-electron chi connectivity index (χ4n) is 1.26. The quantitative estimate of drug-likeness (QED) is 0.653. The van der Waals surface area contributed by atoms with Crippen molar-refractivity contribution in [2.45, 2.75) is 38.9 Å². The van der Waals surface area contributed by atoms with Crippen LogP contribution in [0.4, 0.5) is 0 Å². The van der Waals surface area contributed by atoms with Gasteiger partial charge in [-0.15, -0.1) is 0 Å². The Labute approximate surface area is 101 Å². The summed E-state index contributed by atoms with van der Waals surface area (Å²) in [6.07, 6.45) is 1.67. The van der Waals surface area contributed by atoms with E-state index in [-0.39, 0.29) is 5.41 Å². The molecule has 0 bridgehead atoms. The third-order valence-electron chi connectivity index (χ3n) is 2.29. The molecule has 0 spiro atoms. The van der Waals surface area contributed by atoms with Crippen molar-refractivity contribution < 1.29 is 9.84 Å². The Bertz CT molecular complexity index is 358. The van der Waals surface area contributed by atoms with Crippen molar-refractivity contribution in [1.82, 2.24) is 4.98 Å². The summed E-state index contributed by atoms with van der Waals surface area (Å²) in [6, 6.07) is 3.72. The fraction of sp³-hybridized carbons (Fsp3) is 0.583. The van der Waals surface area contributed by atoms with Gasteiger partial charge in [-0.25, -0.2) is 4.98 Å². The highest BCUT2D eigenvalue weighted by atomic mass is 35.5. The molecule has 1 rings (SSSR count). The Balaban J connectivity index is 2.77. The minimum atomic E-state index is -1.12. The van der Waals surface area contributed by atoms with Gasteiger partial charge in [-0.1, -0.05) is 25.4 Å². The molecular weight excluding hydrogens is 226 g/mol. The summed E-state index contributed by atoms with van der Waals surface area (Å²) < 4.78 is 5.38. The van der Waals surface area contributed by atoms with E-state index in [0.717, 1.165) is 5.56 Å². The van der Waals surface area contributed by atoms with E-state index in [1.807, 2.05) is 26.0 Å². The van der Waals surface area contributed by atoms with Crippen molar-refractivity contribution in [3.63, 3.8) is 0 Å². The van der Waals surface area contributed by atoms with Gasteiger partial charge in [-0.05, 0) is 31.5 Å². The first kappa shape index (κ1) is 13.4. The van der Waals surface area contributed by atoms with Gasteiger partial charge in [0.2, 0.25) is 0 Å². The third kappa shape index (κ3) is 4.08. The Morgan fingerprint density at radius 2 is 2.00 bits per heavy atom. The van der Waals surface area contributed by atoms with Crippen LogP contribution in [0.1, 0.15) is 33.3 Å². The second kappa shape index (κ2) is 4.70. The van der Waals surface area contributed by atoms with Crippen LogP contribution in [0.25, 0.3) is 0 Å². The molecule has 4 heteroatoms. The van der Waals surface area contributed by atoms with Gasteiger partial charge >= 0.3 is 0 Å². The molecule has 0 aliphatic carbocycles. The minimum absolute atomic E-state index is 0.216. The zero-order valence-electron chi connectivity index (χ0n) is 10.1. The van der Waals surface area contributed by atoms with Crippen LogP contribution in [-0.2, 0) is 10.2 Å². The van der Waals surface area contributed by atoms with Gasteiger partial charge in [0, 0.05) is 11.6 Å². The summed E-state index contributed by atoms with van der Waals surface area (Å²) >= 11 is 5.84. The van der Waals surface area contributed by atoms with E-state index < -0.39 is 5.79 Å². The summed E-state index contributed by atoms with van der Waals surface area (Å²) in [5.41, 5.74) is 0.823. The molecule has 0 aromatic carbocycles. The van der Waals surface area contributed by atoms with Crippen molar-refractivity contribution in [1.29, 1.82) is 0 Å². The molecule has 3 nitrogen and oxygen atoms in total. The molecule has 0 saturated carbocycles. The van der Waals surface area contributed by atoms with E-state index in [2.05, 4.69) is 4.98 Å². The van der Waals surface area contributed by atoms with Crippen molar-refractivity contribution >= 4 is 11.6 Å². The molecular formula is C12H18ClNO2. The second-order valence-corrected chi connectivity index (χ2v) is 5.37. The Morgan fingerprint density at radius 1 is 1.38 bits per heavy atom. The standard InChI is InChI=1S/C12H18ClNO2/c1-11(2,8-16-12(3,4)15)9-5-6-14-10(13)7-9/h5-7,15H,8H2,1-4H3. The van der Waals surface area contributed by atoms with Crippen molar-refractivity contribution in [3.8, 4) is 0 Å². The first-order valence-electron chi connectivity index (χ1n) is 5.19. The van der Waals surface area contributed by atoms with Gasteiger partial charge in [0.05, 0.1) is 6.61 Å². The number of rotatable bonds is 4. The number of hydrogen-bond acceptors (Lipinski definition) is 3. The predicted octanol–water partition coefficient (Wildman–Crippen LogP) is 2.76. The zero-order chi connectivity index (χ0) is 12.4. The monoisotopic (exact) mass is 243 g/mol. The van der Waals surface area contributed by atoms with Gasteiger partial charge in [0.25, 0.3) is 0 Å². The molecule has 90 valence electrons. The molecule has 1 N–H and O–H groups in total. The van der Waals surface area contributed by atoms with Crippen LogP contribution in [0.3, 0.4) is 0 Å². The number of halogens is 1. The lowest BCUT2D eigenvalue weighted by Gasteiger charge is -2.29. The highest BCUT2D eigenvalue weighted by Gasteiger charge is 2.25. The summed E-state index contributed by atoms with van der Waals surface area (Å²) in [5.74, 6) is -1.12. The highest BCUT2D eigenvalue weighted by molar-refractivity contribution is 6.29. The van der Waals surface area contributed by atoms with Gasteiger partial charge < -0.3 is 9.84 Å². The average molecular weight is 244 g/mol. The molecule has 1 heterocycles. The summed E-state index contributed by atoms with van der Waals surface area (Å²) in [7, 11) is 0. The van der Waals surface area contributed by atoms with E-state index in [0.29, 0.717) is 11.8 Å². The molecule has 0 unspecified atom stereocenters. The molecule has 16 heavy (non-hydrogen) atoms. The molecule has 0 atom stereocenters. The van der Waals surface area contributed by atoms with E-state index >= 15 is 0 Å². The molecule has 0 fully saturated rings. The van der Waals surface area contributed by atoms with Gasteiger partial charge in [0.15, 0.2) is 5.79 Å². The predicted molar refractivity (Wildman–Crippen MR) is 64.5 cm³/mol. The lowest BCUT2D eigenvalue weighted by molar-refractivity contribution is -0.184. The van der Waals surface area contributed by atoms with Crippen LogP contribution in [0.5, 0.6) is 0 Å². The maximum atomic E-state index is 9.52. The average Bonchev–Trinajstić information content (AvgIpc) is 2.14. The fourth-order valence-corrected chi connectivity index (χ4v) is 1.44. The second-order valence-electron chi connectivity index (χ2n) is 4.99. The lowest BCUT2D eigenvalue weighted by atomic mass is 9.86. The molecule has 0 amide bonds. The Kier molecular flexibility index (Phi) is 3.94. The number of aliphatic hydroxyl groups is 1. The van der Waals surface area contributed by atoms with Crippen LogP contribution < -0.4 is 0 Å². The molecule has 0 saturated heterocycles. The van der Waals surface area contributed by atoms with Crippen LogP contribution in [0.2, 0.25) is 5.15 Å². The minimum Gasteiger partial charge on any atom is -0.366 e. The smallest absolute Gasteiger partial charge is 0.159 e. The normalized spacial score (nSPS) is 12.9. The highest BCUT2D eigenvalue weighted by Crippen LogP contribution is 2.26. The van der Waals surface area contributed by atoms with Crippen molar-refractivity contribution in [2.24, 2.45) is 0 Å². The van der Waals surface area contributed by atoms with Crippen molar-refractivity contribution in [3.05, 3.63) is 29.0 Å². The van der Waals surface area contributed by atoms with Crippen LogP contribution >= 0.6 is 11.6 Å². The van der Waals surface area contributed by atoms with E-state index in [1.54, 1.807) is 20.0 Å².